The molecule has 0 aromatic heterocycles. The summed E-state index contributed by atoms with van der Waals surface area (Å²) in [6, 6.07) is 47.0. The summed E-state index contributed by atoms with van der Waals surface area (Å²) in [5, 5.41) is 5.43. The Bertz CT molecular complexity index is 1380. The third kappa shape index (κ3) is 7.72. The van der Waals surface area contributed by atoms with Gasteiger partial charge in [-0.25, -0.2) is 0 Å². The molecule has 6 aromatic rings. The van der Waals surface area contributed by atoms with Crippen molar-refractivity contribution in [3.63, 3.8) is 0 Å². The largest absolute Gasteiger partial charge is 2.00 e. The van der Waals surface area contributed by atoms with Gasteiger partial charge in [-0.1, -0.05) is 97.1 Å². The number of hydrogen-bond donors (Lipinski definition) is 0. The topological polar surface area (TPSA) is 0 Å². The maximum absolute atomic E-state index is 2.32. The van der Waals surface area contributed by atoms with Gasteiger partial charge in [0.2, 0.25) is 0 Å². The van der Waals surface area contributed by atoms with Gasteiger partial charge in [0.15, 0.2) is 0 Å². The van der Waals surface area contributed by atoms with Crippen molar-refractivity contribution in [3.05, 3.63) is 168 Å². The third-order valence-corrected chi connectivity index (χ3v) is 6.35. The normalized spacial score (nSPS) is 11.0. The smallest absolute Gasteiger partial charge is 0.165 e. The Morgan fingerprint density at radius 2 is 0.838 bits per heavy atom. The molecule has 6 aromatic carbocycles. The molecule has 0 bridgehead atoms. The molecule has 0 aliphatic carbocycles. The Labute approximate surface area is 239 Å². The molecule has 0 nitrogen and oxygen atoms in total. The minimum atomic E-state index is 0. The molecule has 0 fully saturated rings. The molecule has 0 amide bonds. The minimum absolute atomic E-state index is 0. The molecule has 0 unspecified atom stereocenters. The van der Waals surface area contributed by atoms with E-state index in [1.165, 1.54) is 43.8 Å². The molecule has 0 aliphatic heterocycles. The molecule has 6 rings (SSSR count). The van der Waals surface area contributed by atoms with E-state index < -0.39 is 0 Å². The standard InChI is InChI=1S/C20H16.C16H14.Zr/c1-2-6-18-12-15(11-17(18)5-1)9-10-16-13-19-7-3-4-8-20(19)14-16;1-3-9-15(10-4-1)13-7-8-14-16-11-5-2-6-12-16;/h1-8,11-14H,9-10H2;1-14H;/q-2;;+2/b;13-7+,14-8+;. The molecule has 0 saturated carbocycles. The number of benzene rings is 4. The van der Waals surface area contributed by atoms with Gasteiger partial charge in [-0.15, -0.1) is 81.2 Å². The molecule has 0 radical (unpaired) electrons. The predicted molar refractivity (Wildman–Crippen MR) is 157 cm³/mol. The van der Waals surface area contributed by atoms with E-state index in [1.54, 1.807) is 0 Å². The molecule has 0 spiro atoms. The van der Waals surface area contributed by atoms with Gasteiger partial charge in [-0.3, -0.25) is 0 Å². The monoisotopic (exact) mass is 552 g/mol. The number of hydrogen-bond acceptors (Lipinski definition) is 0. The number of allylic oxidation sites excluding steroid dienone is 2. The molecule has 0 saturated heterocycles. The molecular weight excluding hydrogens is 524 g/mol. The van der Waals surface area contributed by atoms with Crippen LogP contribution >= 0.6 is 0 Å². The Balaban J connectivity index is 0.000000173. The van der Waals surface area contributed by atoms with Crippen molar-refractivity contribution < 1.29 is 26.2 Å². The van der Waals surface area contributed by atoms with Crippen molar-refractivity contribution in [1.29, 1.82) is 0 Å². The first-order chi connectivity index (χ1) is 17.8. The van der Waals surface area contributed by atoms with E-state index in [0.717, 1.165) is 12.8 Å². The quantitative estimate of drug-likeness (QED) is 0.142. The predicted octanol–water partition coefficient (Wildman–Crippen LogP) is 9.63. The van der Waals surface area contributed by atoms with Gasteiger partial charge >= 0.3 is 26.2 Å². The molecule has 178 valence electrons. The van der Waals surface area contributed by atoms with E-state index in [-0.39, 0.29) is 26.2 Å². The second kappa shape index (κ2) is 13.7. The zero-order valence-corrected chi connectivity index (χ0v) is 23.4. The van der Waals surface area contributed by atoms with Gasteiger partial charge in [0.05, 0.1) is 0 Å². The second-order valence-corrected chi connectivity index (χ2v) is 9.02. The first kappa shape index (κ1) is 26.5. The summed E-state index contributed by atoms with van der Waals surface area (Å²) in [6.45, 7) is 0. The average Bonchev–Trinajstić information content (AvgIpc) is 3.55. The van der Waals surface area contributed by atoms with Gasteiger partial charge in [0, 0.05) is 0 Å². The summed E-state index contributed by atoms with van der Waals surface area (Å²) in [6.07, 6.45) is 10.5. The fraction of sp³-hybridized carbons (Fsp3) is 0.0556. The number of rotatable bonds is 6. The van der Waals surface area contributed by atoms with Crippen molar-refractivity contribution in [2.45, 2.75) is 12.8 Å². The Morgan fingerprint density at radius 1 is 0.459 bits per heavy atom. The third-order valence-electron chi connectivity index (χ3n) is 6.35. The molecule has 0 atom stereocenters. The summed E-state index contributed by atoms with van der Waals surface area (Å²) >= 11 is 0. The van der Waals surface area contributed by atoms with Crippen LogP contribution in [0.4, 0.5) is 0 Å². The van der Waals surface area contributed by atoms with Crippen LogP contribution < -0.4 is 0 Å². The van der Waals surface area contributed by atoms with Crippen LogP contribution in [-0.4, -0.2) is 0 Å². The SMILES string of the molecule is C(/C=C/c1ccccc1)=C\c1ccccc1.[Zr+2].c1ccc2[cH-]c(CCc3cc4ccccc4[cH-]3)cc2c1. The van der Waals surface area contributed by atoms with E-state index in [2.05, 4.69) is 121 Å². The van der Waals surface area contributed by atoms with E-state index in [9.17, 15) is 0 Å². The molecule has 0 aliphatic rings. The molecule has 37 heavy (non-hydrogen) atoms. The van der Waals surface area contributed by atoms with Gasteiger partial charge in [-0.05, 0) is 24.0 Å². The Kier molecular flexibility index (Phi) is 9.81. The molecule has 0 heterocycles. The van der Waals surface area contributed by atoms with Crippen molar-refractivity contribution in [3.8, 4) is 0 Å². The van der Waals surface area contributed by atoms with Crippen molar-refractivity contribution >= 4 is 33.7 Å². The second-order valence-electron chi connectivity index (χ2n) is 9.02. The fourth-order valence-electron chi connectivity index (χ4n) is 4.47. The maximum atomic E-state index is 2.32. The summed E-state index contributed by atoms with van der Waals surface area (Å²) in [5.41, 5.74) is 5.33. The van der Waals surface area contributed by atoms with Crippen LogP contribution in [0.25, 0.3) is 33.7 Å². The first-order valence-electron chi connectivity index (χ1n) is 12.6. The Hall–Kier alpha value is -3.54. The Morgan fingerprint density at radius 3 is 1.24 bits per heavy atom. The summed E-state index contributed by atoms with van der Waals surface area (Å²) in [5.74, 6) is 0. The zero-order chi connectivity index (χ0) is 24.4. The van der Waals surface area contributed by atoms with Crippen LogP contribution in [-0.2, 0) is 39.0 Å². The van der Waals surface area contributed by atoms with E-state index in [4.69, 9.17) is 0 Å². The van der Waals surface area contributed by atoms with Crippen molar-refractivity contribution in [1.82, 2.24) is 0 Å². The summed E-state index contributed by atoms with van der Waals surface area (Å²) < 4.78 is 0. The van der Waals surface area contributed by atoms with Crippen molar-refractivity contribution in [2.75, 3.05) is 0 Å². The van der Waals surface area contributed by atoms with Crippen molar-refractivity contribution in [2.24, 2.45) is 0 Å². The maximum Gasteiger partial charge on any atom is 2.00 e. The van der Waals surface area contributed by atoms with Crippen LogP contribution in [0.1, 0.15) is 22.3 Å². The molecular formula is C36H30Zr. The van der Waals surface area contributed by atoms with Crippen LogP contribution in [0, 0.1) is 0 Å². The van der Waals surface area contributed by atoms with Crippen LogP contribution in [0.5, 0.6) is 0 Å². The minimum Gasteiger partial charge on any atom is -0.165 e. The number of fused-ring (bicyclic) bond motifs is 2. The fourth-order valence-corrected chi connectivity index (χ4v) is 4.47. The number of aryl methyl sites for hydroxylation is 2. The van der Waals surface area contributed by atoms with Gasteiger partial charge in [0.1, 0.15) is 0 Å². The summed E-state index contributed by atoms with van der Waals surface area (Å²) in [7, 11) is 0. The summed E-state index contributed by atoms with van der Waals surface area (Å²) in [4.78, 5) is 0. The van der Waals surface area contributed by atoms with Gasteiger partial charge < -0.3 is 0 Å². The van der Waals surface area contributed by atoms with Crippen LogP contribution in [0.2, 0.25) is 0 Å². The van der Waals surface area contributed by atoms with Gasteiger partial charge in [0.25, 0.3) is 0 Å². The van der Waals surface area contributed by atoms with E-state index >= 15 is 0 Å². The van der Waals surface area contributed by atoms with Crippen LogP contribution in [0.3, 0.4) is 0 Å². The zero-order valence-electron chi connectivity index (χ0n) is 20.9. The molecule has 1 heteroatoms. The van der Waals surface area contributed by atoms with E-state index in [1.807, 2.05) is 36.4 Å². The van der Waals surface area contributed by atoms with E-state index in [0.29, 0.717) is 0 Å². The first-order valence-corrected chi connectivity index (χ1v) is 12.6. The van der Waals surface area contributed by atoms with Crippen LogP contribution in [0.15, 0.2) is 146 Å². The average molecular weight is 554 g/mol. The molecule has 0 N–H and O–H groups in total. The van der Waals surface area contributed by atoms with Gasteiger partial charge in [-0.2, -0.15) is 12.1 Å².